The minimum Gasteiger partial charge on any atom is -0.389 e. The van der Waals surface area contributed by atoms with Crippen molar-refractivity contribution in [2.75, 3.05) is 19.6 Å². The van der Waals surface area contributed by atoms with Gasteiger partial charge in [-0.15, -0.1) is 0 Å². The van der Waals surface area contributed by atoms with Crippen LogP contribution in [0, 0.1) is 5.92 Å². The standard InChI is InChI=1S/C14H25NO2/c1-2-12-10-15(9-6-13(12)16)11-14(17)7-4-3-5-8-14/h12,17H,2-11H2,1H3. The Labute approximate surface area is 104 Å². The van der Waals surface area contributed by atoms with Gasteiger partial charge in [-0.1, -0.05) is 26.2 Å². The number of hydrogen-bond donors (Lipinski definition) is 1. The Kier molecular flexibility index (Phi) is 4.21. The van der Waals surface area contributed by atoms with E-state index in [1.54, 1.807) is 0 Å². The molecular weight excluding hydrogens is 214 g/mol. The first kappa shape index (κ1) is 13.0. The molecule has 1 atom stereocenters. The van der Waals surface area contributed by atoms with Gasteiger partial charge < -0.3 is 5.11 Å². The molecule has 0 amide bonds. The normalized spacial score (nSPS) is 30.5. The highest BCUT2D eigenvalue weighted by atomic mass is 16.3. The number of carbonyl (C=O) groups excluding carboxylic acids is 1. The van der Waals surface area contributed by atoms with Crippen LogP contribution in [0.4, 0.5) is 0 Å². The second-order valence-electron chi connectivity index (χ2n) is 5.84. The number of nitrogens with zero attached hydrogens (tertiary/aromatic N) is 1. The molecule has 1 saturated heterocycles. The molecule has 2 fully saturated rings. The summed E-state index contributed by atoms with van der Waals surface area (Å²) in [7, 11) is 0. The van der Waals surface area contributed by atoms with E-state index < -0.39 is 5.60 Å². The van der Waals surface area contributed by atoms with Crippen LogP contribution in [0.25, 0.3) is 0 Å². The lowest BCUT2D eigenvalue weighted by atomic mass is 9.83. The third-order valence-electron chi connectivity index (χ3n) is 4.40. The molecule has 2 rings (SSSR count). The van der Waals surface area contributed by atoms with Crippen molar-refractivity contribution >= 4 is 5.78 Å². The summed E-state index contributed by atoms with van der Waals surface area (Å²) >= 11 is 0. The van der Waals surface area contributed by atoms with Crippen LogP contribution < -0.4 is 0 Å². The van der Waals surface area contributed by atoms with Crippen molar-refractivity contribution in [3.05, 3.63) is 0 Å². The number of ketones is 1. The molecule has 98 valence electrons. The van der Waals surface area contributed by atoms with Crippen molar-refractivity contribution < 1.29 is 9.90 Å². The summed E-state index contributed by atoms with van der Waals surface area (Å²) in [5.74, 6) is 0.621. The van der Waals surface area contributed by atoms with E-state index in [1.807, 2.05) is 0 Å². The molecule has 3 heteroatoms. The van der Waals surface area contributed by atoms with Gasteiger partial charge in [0.2, 0.25) is 0 Å². The van der Waals surface area contributed by atoms with Gasteiger partial charge in [0.1, 0.15) is 5.78 Å². The maximum absolute atomic E-state index is 11.7. The van der Waals surface area contributed by atoms with Crippen molar-refractivity contribution in [1.29, 1.82) is 0 Å². The molecule has 2 aliphatic rings. The smallest absolute Gasteiger partial charge is 0.138 e. The van der Waals surface area contributed by atoms with Crippen molar-refractivity contribution in [3.63, 3.8) is 0 Å². The van der Waals surface area contributed by atoms with Crippen LogP contribution in [0.2, 0.25) is 0 Å². The van der Waals surface area contributed by atoms with Crippen molar-refractivity contribution in [1.82, 2.24) is 4.90 Å². The first-order valence-electron chi connectivity index (χ1n) is 7.10. The van der Waals surface area contributed by atoms with Crippen molar-refractivity contribution in [2.45, 2.75) is 57.5 Å². The summed E-state index contributed by atoms with van der Waals surface area (Å²) in [5, 5.41) is 10.5. The Morgan fingerprint density at radius 2 is 2.06 bits per heavy atom. The number of likely N-dealkylation sites (tertiary alicyclic amines) is 1. The molecule has 0 aromatic carbocycles. The average Bonchev–Trinajstić information content (AvgIpc) is 2.32. The topological polar surface area (TPSA) is 40.5 Å². The molecule has 1 saturated carbocycles. The van der Waals surface area contributed by atoms with Crippen molar-refractivity contribution in [3.8, 4) is 0 Å². The Bertz CT molecular complexity index is 271. The maximum Gasteiger partial charge on any atom is 0.138 e. The molecule has 17 heavy (non-hydrogen) atoms. The molecular formula is C14H25NO2. The Morgan fingerprint density at radius 1 is 1.35 bits per heavy atom. The summed E-state index contributed by atoms with van der Waals surface area (Å²) < 4.78 is 0. The van der Waals surface area contributed by atoms with E-state index in [0.29, 0.717) is 12.2 Å². The van der Waals surface area contributed by atoms with Crippen LogP contribution in [-0.4, -0.2) is 41.0 Å². The van der Waals surface area contributed by atoms with E-state index >= 15 is 0 Å². The van der Waals surface area contributed by atoms with Crippen LogP contribution in [0.15, 0.2) is 0 Å². The second kappa shape index (κ2) is 5.49. The number of carbonyl (C=O) groups is 1. The fourth-order valence-electron chi connectivity index (χ4n) is 3.26. The van der Waals surface area contributed by atoms with Crippen LogP contribution in [0.1, 0.15) is 51.9 Å². The lowest BCUT2D eigenvalue weighted by Gasteiger charge is -2.39. The molecule has 1 N–H and O–H groups in total. The Balaban J connectivity index is 1.88. The van der Waals surface area contributed by atoms with Gasteiger partial charge >= 0.3 is 0 Å². The summed E-state index contributed by atoms with van der Waals surface area (Å²) in [6, 6.07) is 0. The van der Waals surface area contributed by atoms with Gasteiger partial charge in [-0.3, -0.25) is 9.69 Å². The lowest BCUT2D eigenvalue weighted by Crippen LogP contribution is -2.49. The van der Waals surface area contributed by atoms with Crippen LogP contribution in [-0.2, 0) is 4.79 Å². The molecule has 0 aromatic rings. The zero-order valence-corrected chi connectivity index (χ0v) is 11.0. The summed E-state index contributed by atoms with van der Waals surface area (Å²) in [5.41, 5.74) is -0.475. The number of piperidine rings is 1. The number of aliphatic hydroxyl groups is 1. The largest absolute Gasteiger partial charge is 0.389 e. The number of β-amino-alcohol motifs (C(OH)–C–C–N with tert-alkyl or cyclic N) is 1. The van der Waals surface area contributed by atoms with Gasteiger partial charge in [0.05, 0.1) is 5.60 Å². The second-order valence-corrected chi connectivity index (χ2v) is 5.84. The monoisotopic (exact) mass is 239 g/mol. The SMILES string of the molecule is CCC1CN(CC2(O)CCCCC2)CCC1=O. The Morgan fingerprint density at radius 3 is 2.71 bits per heavy atom. The molecule has 0 spiro atoms. The molecule has 1 unspecified atom stereocenters. The van der Waals surface area contributed by atoms with Crippen molar-refractivity contribution in [2.24, 2.45) is 5.92 Å². The van der Waals surface area contributed by atoms with Gasteiger partial charge in [-0.2, -0.15) is 0 Å². The van der Waals surface area contributed by atoms with Gasteiger partial charge in [0, 0.05) is 32.0 Å². The molecule has 0 aromatic heterocycles. The number of Topliss-reactive ketones (excluding diaryl/α,β-unsaturated/α-hetero) is 1. The van der Waals surface area contributed by atoms with Gasteiger partial charge in [0.25, 0.3) is 0 Å². The van der Waals surface area contributed by atoms with Crippen LogP contribution >= 0.6 is 0 Å². The minimum absolute atomic E-state index is 0.205. The fraction of sp³-hybridized carbons (Fsp3) is 0.929. The highest BCUT2D eigenvalue weighted by Gasteiger charge is 2.34. The zero-order chi connectivity index (χ0) is 12.3. The number of hydrogen-bond acceptors (Lipinski definition) is 3. The molecule has 1 aliphatic heterocycles. The zero-order valence-electron chi connectivity index (χ0n) is 11.0. The number of rotatable bonds is 3. The van der Waals surface area contributed by atoms with E-state index in [2.05, 4.69) is 11.8 Å². The summed E-state index contributed by atoms with van der Waals surface area (Å²) in [6.07, 6.45) is 7.06. The van der Waals surface area contributed by atoms with Gasteiger partial charge in [-0.25, -0.2) is 0 Å². The molecule has 1 heterocycles. The molecule has 0 bridgehead atoms. The first-order chi connectivity index (χ1) is 8.13. The molecule has 3 nitrogen and oxygen atoms in total. The van der Waals surface area contributed by atoms with E-state index in [-0.39, 0.29) is 5.92 Å². The first-order valence-corrected chi connectivity index (χ1v) is 7.10. The van der Waals surface area contributed by atoms with Gasteiger partial charge in [-0.05, 0) is 19.3 Å². The third kappa shape index (κ3) is 3.29. The highest BCUT2D eigenvalue weighted by Crippen LogP contribution is 2.30. The van der Waals surface area contributed by atoms with E-state index in [0.717, 1.165) is 51.7 Å². The maximum atomic E-state index is 11.7. The van der Waals surface area contributed by atoms with Crippen LogP contribution in [0.3, 0.4) is 0 Å². The quantitative estimate of drug-likeness (QED) is 0.818. The van der Waals surface area contributed by atoms with E-state index in [9.17, 15) is 9.90 Å². The Hall–Kier alpha value is -0.410. The van der Waals surface area contributed by atoms with Crippen LogP contribution in [0.5, 0.6) is 0 Å². The van der Waals surface area contributed by atoms with E-state index in [4.69, 9.17) is 0 Å². The minimum atomic E-state index is -0.475. The predicted octanol–water partition coefficient (Wildman–Crippen LogP) is 1.98. The van der Waals surface area contributed by atoms with Gasteiger partial charge in [0.15, 0.2) is 0 Å². The third-order valence-corrected chi connectivity index (χ3v) is 4.40. The predicted molar refractivity (Wildman–Crippen MR) is 67.9 cm³/mol. The summed E-state index contributed by atoms with van der Waals surface area (Å²) in [6.45, 7) is 4.56. The molecule has 1 aliphatic carbocycles. The molecule has 0 radical (unpaired) electrons. The fourth-order valence-corrected chi connectivity index (χ4v) is 3.26. The lowest BCUT2D eigenvalue weighted by molar-refractivity contribution is -0.127. The van der Waals surface area contributed by atoms with E-state index in [1.165, 1.54) is 6.42 Å². The average molecular weight is 239 g/mol. The summed E-state index contributed by atoms with van der Waals surface area (Å²) in [4.78, 5) is 14.0. The highest BCUT2D eigenvalue weighted by molar-refractivity contribution is 5.82.